The Morgan fingerprint density at radius 3 is 2.00 bits per heavy atom. The predicted octanol–water partition coefficient (Wildman–Crippen LogP) is 4.39. The second-order valence-corrected chi connectivity index (χ2v) is 3.08. The standard InChI is InChI=1S/C9H4ClF5O/c10-5-1-3-6(4-2-5)16-8(12)7(11)9(13,14)15/h1-4H/b8-7-. The van der Waals surface area contributed by atoms with Crippen LogP contribution in [0.3, 0.4) is 0 Å². The van der Waals surface area contributed by atoms with Crippen LogP contribution in [0, 0.1) is 0 Å². The minimum Gasteiger partial charge on any atom is -0.430 e. The van der Waals surface area contributed by atoms with E-state index >= 15 is 0 Å². The lowest BCUT2D eigenvalue weighted by Gasteiger charge is -2.06. The molecule has 16 heavy (non-hydrogen) atoms. The average molecular weight is 259 g/mol. The number of hydrogen-bond acceptors (Lipinski definition) is 1. The molecule has 0 fully saturated rings. The lowest BCUT2D eigenvalue weighted by atomic mass is 10.3. The van der Waals surface area contributed by atoms with Crippen LogP contribution in [-0.2, 0) is 0 Å². The van der Waals surface area contributed by atoms with Gasteiger partial charge < -0.3 is 4.74 Å². The van der Waals surface area contributed by atoms with Crippen molar-refractivity contribution in [3.8, 4) is 5.75 Å². The van der Waals surface area contributed by atoms with Crippen molar-refractivity contribution in [1.29, 1.82) is 0 Å². The number of alkyl halides is 3. The molecule has 0 aliphatic heterocycles. The van der Waals surface area contributed by atoms with E-state index in [1.807, 2.05) is 0 Å². The predicted molar refractivity (Wildman–Crippen MR) is 47.4 cm³/mol. The zero-order chi connectivity index (χ0) is 12.3. The maximum atomic E-state index is 12.6. The first kappa shape index (κ1) is 12.8. The molecule has 0 aliphatic carbocycles. The van der Waals surface area contributed by atoms with Crippen molar-refractivity contribution < 1.29 is 26.7 Å². The highest BCUT2D eigenvalue weighted by Crippen LogP contribution is 2.31. The minimum atomic E-state index is -5.41. The normalized spacial score (nSPS) is 13.4. The summed E-state index contributed by atoms with van der Waals surface area (Å²) in [6.07, 6.45) is -5.41. The fourth-order valence-corrected chi connectivity index (χ4v) is 0.888. The molecule has 1 aromatic rings. The van der Waals surface area contributed by atoms with E-state index in [1.165, 1.54) is 12.1 Å². The molecule has 0 aliphatic rings. The minimum absolute atomic E-state index is 0.285. The largest absolute Gasteiger partial charge is 0.449 e. The molecule has 0 amide bonds. The molecule has 0 radical (unpaired) electrons. The Kier molecular flexibility index (Phi) is 3.74. The van der Waals surface area contributed by atoms with Gasteiger partial charge in [0.25, 0.3) is 5.83 Å². The summed E-state index contributed by atoms with van der Waals surface area (Å²) in [5.41, 5.74) is 0. The molecule has 1 aromatic carbocycles. The topological polar surface area (TPSA) is 9.23 Å². The Morgan fingerprint density at radius 1 is 1.06 bits per heavy atom. The van der Waals surface area contributed by atoms with Gasteiger partial charge in [-0.1, -0.05) is 11.6 Å². The van der Waals surface area contributed by atoms with Crippen LogP contribution >= 0.6 is 11.6 Å². The number of rotatable bonds is 2. The average Bonchev–Trinajstić information content (AvgIpc) is 2.19. The van der Waals surface area contributed by atoms with E-state index in [2.05, 4.69) is 4.74 Å². The quantitative estimate of drug-likeness (QED) is 0.565. The highest BCUT2D eigenvalue weighted by Gasteiger charge is 2.39. The summed E-state index contributed by atoms with van der Waals surface area (Å²) < 4.78 is 64.0. The summed E-state index contributed by atoms with van der Waals surface area (Å²) in [5, 5.41) is 0.285. The van der Waals surface area contributed by atoms with Gasteiger partial charge in [-0.3, -0.25) is 0 Å². The second-order valence-electron chi connectivity index (χ2n) is 2.64. The lowest BCUT2D eigenvalue weighted by Crippen LogP contribution is -2.11. The molecule has 0 atom stereocenters. The van der Waals surface area contributed by atoms with Gasteiger partial charge in [0.1, 0.15) is 5.75 Å². The number of halogens is 6. The summed E-state index contributed by atoms with van der Waals surface area (Å²) in [6.45, 7) is 0. The van der Waals surface area contributed by atoms with Gasteiger partial charge in [0.05, 0.1) is 0 Å². The van der Waals surface area contributed by atoms with Gasteiger partial charge in [0.15, 0.2) is 0 Å². The van der Waals surface area contributed by atoms with Gasteiger partial charge in [-0.2, -0.15) is 22.0 Å². The third kappa shape index (κ3) is 3.37. The van der Waals surface area contributed by atoms with Crippen molar-refractivity contribution in [2.45, 2.75) is 6.18 Å². The number of ether oxygens (including phenoxy) is 1. The monoisotopic (exact) mass is 258 g/mol. The van der Waals surface area contributed by atoms with Gasteiger partial charge in [-0.05, 0) is 24.3 Å². The van der Waals surface area contributed by atoms with Crippen LogP contribution in [0.25, 0.3) is 0 Å². The van der Waals surface area contributed by atoms with Gasteiger partial charge in [0.2, 0.25) is 0 Å². The van der Waals surface area contributed by atoms with Crippen molar-refractivity contribution in [3.05, 3.63) is 41.1 Å². The van der Waals surface area contributed by atoms with Crippen LogP contribution in [-0.4, -0.2) is 6.18 Å². The molecule has 88 valence electrons. The molecular weight excluding hydrogens is 255 g/mol. The van der Waals surface area contributed by atoms with E-state index < -0.39 is 18.0 Å². The maximum Gasteiger partial charge on any atom is 0.449 e. The molecule has 0 spiro atoms. The third-order valence-corrected chi connectivity index (χ3v) is 1.69. The highest BCUT2D eigenvalue weighted by molar-refractivity contribution is 6.30. The van der Waals surface area contributed by atoms with E-state index in [4.69, 9.17) is 11.6 Å². The first-order valence-electron chi connectivity index (χ1n) is 3.86. The number of hydrogen-bond donors (Lipinski definition) is 0. The molecule has 0 aromatic heterocycles. The third-order valence-electron chi connectivity index (χ3n) is 1.44. The van der Waals surface area contributed by atoms with Crippen LogP contribution in [0.5, 0.6) is 5.75 Å². The second kappa shape index (κ2) is 4.69. The molecule has 7 heteroatoms. The smallest absolute Gasteiger partial charge is 0.430 e. The zero-order valence-electron chi connectivity index (χ0n) is 7.49. The van der Waals surface area contributed by atoms with E-state index in [0.29, 0.717) is 0 Å². The Hall–Kier alpha value is -1.30. The van der Waals surface area contributed by atoms with E-state index in [9.17, 15) is 22.0 Å². The number of allylic oxidation sites excluding steroid dienone is 1. The maximum absolute atomic E-state index is 12.6. The molecule has 1 nitrogen and oxygen atoms in total. The van der Waals surface area contributed by atoms with E-state index in [1.54, 1.807) is 0 Å². The van der Waals surface area contributed by atoms with Crippen LogP contribution in [0.15, 0.2) is 36.1 Å². The SMILES string of the molecule is F/C(Oc1ccc(Cl)cc1)=C(/F)C(F)(F)F. The summed E-state index contributed by atoms with van der Waals surface area (Å²) in [7, 11) is 0. The fourth-order valence-electron chi connectivity index (χ4n) is 0.762. The lowest BCUT2D eigenvalue weighted by molar-refractivity contribution is -0.114. The van der Waals surface area contributed by atoms with Crippen molar-refractivity contribution in [3.63, 3.8) is 0 Å². The molecule has 0 bridgehead atoms. The molecule has 0 saturated carbocycles. The highest BCUT2D eigenvalue weighted by atomic mass is 35.5. The first-order chi connectivity index (χ1) is 7.30. The molecule has 0 N–H and O–H groups in total. The summed E-state index contributed by atoms with van der Waals surface area (Å²) >= 11 is 5.47. The summed E-state index contributed by atoms with van der Waals surface area (Å²) in [4.78, 5) is 0. The van der Waals surface area contributed by atoms with Crippen molar-refractivity contribution in [1.82, 2.24) is 0 Å². The zero-order valence-corrected chi connectivity index (χ0v) is 8.24. The Morgan fingerprint density at radius 2 is 1.56 bits per heavy atom. The van der Waals surface area contributed by atoms with Crippen molar-refractivity contribution >= 4 is 11.6 Å². The van der Waals surface area contributed by atoms with Gasteiger partial charge in [-0.15, -0.1) is 0 Å². The molecule has 0 saturated heterocycles. The first-order valence-corrected chi connectivity index (χ1v) is 4.24. The van der Waals surface area contributed by atoms with Crippen LogP contribution < -0.4 is 4.74 Å². The van der Waals surface area contributed by atoms with Gasteiger partial charge in [-0.25, -0.2) is 0 Å². The molecule has 1 rings (SSSR count). The Bertz CT molecular complexity index is 395. The summed E-state index contributed by atoms with van der Waals surface area (Å²) in [5.74, 6) is -3.20. The molecule has 0 heterocycles. The molecule has 0 unspecified atom stereocenters. The number of benzene rings is 1. The van der Waals surface area contributed by atoms with Crippen molar-refractivity contribution in [2.24, 2.45) is 0 Å². The molecular formula is C9H4ClF5O. The fraction of sp³-hybridized carbons (Fsp3) is 0.111. The van der Waals surface area contributed by atoms with Crippen LogP contribution in [0.2, 0.25) is 5.02 Å². The van der Waals surface area contributed by atoms with E-state index in [-0.39, 0.29) is 10.8 Å². The Balaban J connectivity index is 2.86. The van der Waals surface area contributed by atoms with Crippen molar-refractivity contribution in [2.75, 3.05) is 0 Å². The van der Waals surface area contributed by atoms with E-state index in [0.717, 1.165) is 12.1 Å². The van der Waals surface area contributed by atoms with Crippen LogP contribution in [0.4, 0.5) is 22.0 Å². The summed E-state index contributed by atoms with van der Waals surface area (Å²) in [6, 6.07) is 2.39. The van der Waals surface area contributed by atoms with Gasteiger partial charge >= 0.3 is 12.2 Å². The Labute approximate surface area is 92.1 Å². The van der Waals surface area contributed by atoms with Crippen LogP contribution in [0.1, 0.15) is 0 Å². The van der Waals surface area contributed by atoms with Gasteiger partial charge in [0, 0.05) is 5.02 Å².